The van der Waals surface area contributed by atoms with Gasteiger partial charge in [-0.25, -0.2) is 0 Å². The number of nitrogens with zero attached hydrogens (tertiary/aromatic N) is 1. The van der Waals surface area contributed by atoms with Crippen molar-refractivity contribution in [3.8, 4) is 5.75 Å². The van der Waals surface area contributed by atoms with Crippen molar-refractivity contribution in [2.24, 2.45) is 0 Å². The van der Waals surface area contributed by atoms with Crippen LogP contribution in [0.15, 0.2) is 84.1 Å². The van der Waals surface area contributed by atoms with Gasteiger partial charge in [0.1, 0.15) is 5.75 Å². The van der Waals surface area contributed by atoms with E-state index in [-0.39, 0.29) is 23.5 Å². The van der Waals surface area contributed by atoms with Crippen molar-refractivity contribution in [3.05, 3.63) is 95.2 Å². The monoisotopic (exact) mass is 495 g/mol. The van der Waals surface area contributed by atoms with Crippen molar-refractivity contribution >= 4 is 34.7 Å². The summed E-state index contributed by atoms with van der Waals surface area (Å²) in [6.45, 7) is 2.98. The van der Waals surface area contributed by atoms with E-state index in [0.29, 0.717) is 29.8 Å². The lowest BCUT2D eigenvalue weighted by Crippen LogP contribution is -2.37. The molecule has 1 heterocycles. The first-order chi connectivity index (χ1) is 17.9. The number of nitrogens with one attached hydrogen (secondary N) is 2. The Morgan fingerprint density at radius 3 is 2.24 bits per heavy atom. The van der Waals surface area contributed by atoms with Crippen molar-refractivity contribution < 1.29 is 19.1 Å². The summed E-state index contributed by atoms with van der Waals surface area (Å²) < 4.78 is 5.30. The first kappa shape index (κ1) is 24.3. The van der Waals surface area contributed by atoms with Crippen molar-refractivity contribution in [3.63, 3.8) is 0 Å². The zero-order valence-corrected chi connectivity index (χ0v) is 21.1. The number of carbonyl (C=O) groups is 3. The Hall–Kier alpha value is -4.39. The molecule has 0 aromatic heterocycles. The predicted molar refractivity (Wildman–Crippen MR) is 144 cm³/mol. The van der Waals surface area contributed by atoms with Crippen LogP contribution in [0, 0.1) is 0 Å². The lowest BCUT2D eigenvalue weighted by atomic mass is 9.78. The number of hydrogen-bond acceptors (Lipinski definition) is 5. The van der Waals surface area contributed by atoms with Gasteiger partial charge in [0.2, 0.25) is 11.8 Å². The van der Waals surface area contributed by atoms with Crippen LogP contribution in [0.2, 0.25) is 0 Å². The second-order valence-electron chi connectivity index (χ2n) is 9.43. The molecule has 2 N–H and O–H groups in total. The lowest BCUT2D eigenvalue weighted by Gasteiger charge is -2.34. The van der Waals surface area contributed by atoms with Crippen LogP contribution < -0.4 is 20.3 Å². The second kappa shape index (κ2) is 9.93. The molecule has 1 aliphatic carbocycles. The van der Waals surface area contributed by atoms with Gasteiger partial charge >= 0.3 is 0 Å². The van der Waals surface area contributed by atoms with Crippen molar-refractivity contribution in [2.45, 2.75) is 38.6 Å². The van der Waals surface area contributed by atoms with Gasteiger partial charge in [0.15, 0.2) is 5.78 Å². The summed E-state index contributed by atoms with van der Waals surface area (Å²) in [5.41, 5.74) is 5.44. The highest BCUT2D eigenvalue weighted by atomic mass is 16.5. The van der Waals surface area contributed by atoms with Crippen molar-refractivity contribution in [1.29, 1.82) is 0 Å². The quantitative estimate of drug-likeness (QED) is 0.494. The summed E-state index contributed by atoms with van der Waals surface area (Å²) in [6, 6.07) is 22.2. The molecule has 5 rings (SSSR count). The number of anilines is 3. The van der Waals surface area contributed by atoms with Crippen LogP contribution in [-0.2, 0) is 14.4 Å². The highest BCUT2D eigenvalue weighted by Crippen LogP contribution is 2.47. The minimum atomic E-state index is -0.598. The zero-order chi connectivity index (χ0) is 26.1. The number of rotatable bonds is 4. The van der Waals surface area contributed by atoms with E-state index in [0.717, 1.165) is 28.3 Å². The van der Waals surface area contributed by atoms with Crippen LogP contribution in [0.4, 0.5) is 17.1 Å². The molecule has 37 heavy (non-hydrogen) atoms. The van der Waals surface area contributed by atoms with E-state index in [1.807, 2.05) is 60.7 Å². The molecule has 0 spiro atoms. The fraction of sp³-hybridized carbons (Fsp3) is 0.233. The van der Waals surface area contributed by atoms with Gasteiger partial charge in [0.25, 0.3) is 0 Å². The van der Waals surface area contributed by atoms with Gasteiger partial charge in [0, 0.05) is 37.2 Å². The maximum atomic E-state index is 13.9. The summed E-state index contributed by atoms with van der Waals surface area (Å²) >= 11 is 0. The van der Waals surface area contributed by atoms with E-state index in [9.17, 15) is 14.4 Å². The van der Waals surface area contributed by atoms with Gasteiger partial charge in [-0.1, -0.05) is 36.4 Å². The van der Waals surface area contributed by atoms with Crippen LogP contribution in [0.1, 0.15) is 49.8 Å². The fourth-order valence-corrected chi connectivity index (χ4v) is 5.32. The molecule has 2 atom stereocenters. The lowest BCUT2D eigenvalue weighted by molar-refractivity contribution is -0.118. The van der Waals surface area contributed by atoms with Gasteiger partial charge in [-0.15, -0.1) is 0 Å². The Labute approximate surface area is 216 Å². The molecule has 3 aromatic rings. The highest BCUT2D eigenvalue weighted by Gasteiger charge is 2.40. The van der Waals surface area contributed by atoms with E-state index in [1.165, 1.54) is 13.8 Å². The molecule has 2 unspecified atom stereocenters. The largest absolute Gasteiger partial charge is 0.497 e. The SMILES string of the molecule is COc1ccc(C2CC(=O)C3=C(C2)Nc2ccccc2N(C(C)=O)C3c2ccc(NC(C)=O)cc2)cc1. The predicted octanol–water partition coefficient (Wildman–Crippen LogP) is 5.57. The molecule has 0 saturated heterocycles. The number of fused-ring (bicyclic) bond motifs is 1. The Kier molecular flexibility index (Phi) is 6.53. The van der Waals surface area contributed by atoms with E-state index < -0.39 is 6.04 Å². The average Bonchev–Trinajstić information content (AvgIpc) is 3.03. The summed E-state index contributed by atoms with van der Waals surface area (Å²) in [7, 11) is 1.63. The molecule has 1 aliphatic heterocycles. The topological polar surface area (TPSA) is 87.7 Å². The summed E-state index contributed by atoms with van der Waals surface area (Å²) in [5, 5.41) is 6.29. The summed E-state index contributed by atoms with van der Waals surface area (Å²) in [4.78, 5) is 40.2. The highest BCUT2D eigenvalue weighted by molar-refractivity contribution is 6.06. The molecule has 0 fully saturated rings. The number of ether oxygens (including phenoxy) is 1. The minimum Gasteiger partial charge on any atom is -0.497 e. The Morgan fingerprint density at radius 2 is 1.59 bits per heavy atom. The maximum absolute atomic E-state index is 13.9. The summed E-state index contributed by atoms with van der Waals surface area (Å²) in [6.07, 6.45) is 0.976. The number of carbonyl (C=O) groups excluding carboxylic acids is 3. The molecular weight excluding hydrogens is 466 g/mol. The first-order valence-corrected chi connectivity index (χ1v) is 12.3. The molecule has 0 radical (unpaired) electrons. The van der Waals surface area contributed by atoms with Crippen LogP contribution in [0.5, 0.6) is 5.75 Å². The molecule has 2 amide bonds. The number of methoxy groups -OCH3 is 1. The third-order valence-corrected chi connectivity index (χ3v) is 6.96. The van der Waals surface area contributed by atoms with E-state index in [2.05, 4.69) is 10.6 Å². The van der Waals surface area contributed by atoms with Crippen LogP contribution in [-0.4, -0.2) is 24.7 Å². The first-order valence-electron chi connectivity index (χ1n) is 12.3. The molecule has 7 heteroatoms. The number of Topliss-reactive ketones (excluding diaryl/α,β-unsaturated/α-hetero) is 1. The number of amides is 2. The Morgan fingerprint density at radius 1 is 0.919 bits per heavy atom. The fourth-order valence-electron chi connectivity index (χ4n) is 5.32. The van der Waals surface area contributed by atoms with Crippen LogP contribution in [0.3, 0.4) is 0 Å². The Balaban J connectivity index is 1.63. The molecular formula is C30H29N3O4. The number of hydrogen-bond donors (Lipinski definition) is 2. The average molecular weight is 496 g/mol. The van der Waals surface area contributed by atoms with E-state index >= 15 is 0 Å². The number of para-hydroxylation sites is 2. The number of allylic oxidation sites excluding steroid dienone is 1. The van der Waals surface area contributed by atoms with Gasteiger partial charge in [-0.2, -0.15) is 0 Å². The second-order valence-corrected chi connectivity index (χ2v) is 9.43. The zero-order valence-electron chi connectivity index (χ0n) is 21.1. The van der Waals surface area contributed by atoms with Crippen LogP contribution >= 0.6 is 0 Å². The van der Waals surface area contributed by atoms with Gasteiger partial charge in [-0.05, 0) is 59.9 Å². The molecule has 2 aliphatic rings. The van der Waals surface area contributed by atoms with Gasteiger partial charge in [0.05, 0.1) is 24.5 Å². The molecule has 188 valence electrons. The maximum Gasteiger partial charge on any atom is 0.224 e. The van der Waals surface area contributed by atoms with Gasteiger partial charge < -0.3 is 15.4 Å². The summed E-state index contributed by atoms with van der Waals surface area (Å²) in [5.74, 6) is 0.451. The normalized spacial score (nSPS) is 18.8. The van der Waals surface area contributed by atoms with E-state index in [1.54, 1.807) is 24.1 Å². The minimum absolute atomic E-state index is 0.00323. The molecule has 0 bridgehead atoms. The number of ketones is 1. The van der Waals surface area contributed by atoms with Crippen molar-refractivity contribution in [2.75, 3.05) is 22.6 Å². The van der Waals surface area contributed by atoms with Crippen LogP contribution in [0.25, 0.3) is 0 Å². The number of benzene rings is 3. The van der Waals surface area contributed by atoms with Crippen molar-refractivity contribution in [1.82, 2.24) is 0 Å². The van der Waals surface area contributed by atoms with Gasteiger partial charge in [-0.3, -0.25) is 19.3 Å². The molecule has 0 saturated carbocycles. The van der Waals surface area contributed by atoms with E-state index in [4.69, 9.17) is 4.74 Å². The molecule has 3 aromatic carbocycles. The smallest absolute Gasteiger partial charge is 0.224 e. The third kappa shape index (κ3) is 4.72. The standard InChI is InChI=1S/C30H29N3O4/c1-18(34)31-23-12-8-21(9-13-23)30-29-26(32-25-6-4-5-7-27(25)33(30)19(2)35)16-22(17-28(29)36)20-10-14-24(37-3)15-11-20/h4-15,22,30,32H,16-17H2,1-3H3,(H,31,34). The third-order valence-electron chi connectivity index (χ3n) is 6.96. The Bertz CT molecular complexity index is 1390. The molecule has 7 nitrogen and oxygen atoms in total.